The number of nitrogens with zero attached hydrogens (tertiary/aromatic N) is 5. The minimum absolute atomic E-state index is 0.0654. The van der Waals surface area contributed by atoms with E-state index in [1.54, 1.807) is 27.7 Å². The highest BCUT2D eigenvalue weighted by Gasteiger charge is 2.47. The van der Waals surface area contributed by atoms with Crippen molar-refractivity contribution in [2.45, 2.75) is 64.0 Å². The Bertz CT molecular complexity index is 1260. The van der Waals surface area contributed by atoms with Gasteiger partial charge < -0.3 is 34.0 Å². The van der Waals surface area contributed by atoms with Gasteiger partial charge in [0.25, 0.3) is 5.95 Å². The zero-order valence-corrected chi connectivity index (χ0v) is 25.9. The van der Waals surface area contributed by atoms with Crippen LogP contribution in [0.25, 0.3) is 11.2 Å². The lowest BCUT2D eigenvalue weighted by Gasteiger charge is -2.37. The molecule has 4 atom stereocenters. The van der Waals surface area contributed by atoms with Crippen LogP contribution in [0.5, 0.6) is 0 Å². The first kappa shape index (κ1) is 35.6. The smallest absolute Gasteiger partial charge is 0.463 e. The molecule has 15 nitrogen and oxygen atoms in total. The van der Waals surface area contributed by atoms with Gasteiger partial charge in [0.15, 0.2) is 18.3 Å². The van der Waals surface area contributed by atoms with E-state index >= 15 is 0 Å². The van der Waals surface area contributed by atoms with Crippen molar-refractivity contribution in [2.24, 2.45) is 5.18 Å². The van der Waals surface area contributed by atoms with Gasteiger partial charge in [0.2, 0.25) is 7.37 Å². The Kier molecular flexibility index (Phi) is 13.5. The van der Waals surface area contributed by atoms with E-state index in [2.05, 4.69) is 33.3 Å². The molecule has 2 N–H and O–H groups in total. The number of nitrogens with two attached hydrogens (primary N) is 1. The number of hydrogen-bond donors (Lipinski definition) is 1. The van der Waals surface area contributed by atoms with Crippen molar-refractivity contribution in [2.75, 3.05) is 45.2 Å². The fraction of sp³-hybridized carbons (Fsp3) is 0.615. The highest BCUT2D eigenvalue weighted by molar-refractivity contribution is 7.59. The highest BCUT2D eigenvalue weighted by atomic mass is 31.2. The monoisotopic (exact) mass is 630 g/mol. The fourth-order valence-electron chi connectivity index (χ4n) is 4.10. The van der Waals surface area contributed by atoms with Gasteiger partial charge in [0.1, 0.15) is 36.8 Å². The van der Waals surface area contributed by atoms with Crippen LogP contribution in [-0.4, -0.2) is 89.0 Å². The average molecular weight is 631 g/mol. The number of ether oxygens (including phenoxy) is 5. The highest BCUT2D eigenvalue weighted by Crippen LogP contribution is 2.49. The van der Waals surface area contributed by atoms with E-state index in [0.717, 1.165) is 0 Å². The summed E-state index contributed by atoms with van der Waals surface area (Å²) < 4.78 is 62.0. The molecule has 43 heavy (non-hydrogen) atoms. The minimum Gasteiger partial charge on any atom is -0.463 e. The molecule has 0 aliphatic carbocycles. The van der Waals surface area contributed by atoms with Crippen molar-refractivity contribution in [3.8, 4) is 0 Å². The molecule has 17 heteroatoms. The standard InChI is InChI=1S/C26H40FN6O9P/c1-8-20(33-15-31-21-23(28)29-14-30-24(21)33)22(32-35)26(13-27,37-7)9-11-43(36,12-10-38-25(34)42-18(4)5)40-16-39-19(6)41-17(2)3/h8,14-15,17-18,20,22H,1,6,9-13,16H2,2-5,7H3,(H2,28,29,30)/t20-,22-,26-,43?/m0/s1. The van der Waals surface area contributed by atoms with Crippen LogP contribution in [-0.2, 0) is 32.8 Å². The van der Waals surface area contributed by atoms with E-state index < -0.39 is 50.8 Å². The summed E-state index contributed by atoms with van der Waals surface area (Å²) in [4.78, 5) is 36.4. The fourth-order valence-corrected chi connectivity index (χ4v) is 5.92. The molecule has 0 saturated carbocycles. The molecule has 0 radical (unpaired) electrons. The molecule has 0 bridgehead atoms. The Morgan fingerprint density at radius 3 is 2.47 bits per heavy atom. The molecule has 0 saturated heterocycles. The SMILES string of the molecule is C=C[C@@H]([C@H](N=O)[C@@](CF)(CCP(=O)(CCOC(=O)OC(C)C)OCOC(=C)OC(C)C)OC)n1cnc2c(N)ncnc21. The summed E-state index contributed by atoms with van der Waals surface area (Å²) in [6, 6.07) is -2.43. The minimum atomic E-state index is -3.74. The molecule has 0 aliphatic heterocycles. The van der Waals surface area contributed by atoms with Gasteiger partial charge in [-0.05, 0) is 40.7 Å². The first-order valence-corrected chi connectivity index (χ1v) is 15.4. The van der Waals surface area contributed by atoms with E-state index in [1.807, 2.05) is 0 Å². The summed E-state index contributed by atoms with van der Waals surface area (Å²) in [5.74, 6) is 0.0382. The number of halogens is 1. The molecule has 0 spiro atoms. The van der Waals surface area contributed by atoms with E-state index in [4.69, 9.17) is 33.9 Å². The van der Waals surface area contributed by atoms with Gasteiger partial charge in [0.05, 0.1) is 30.7 Å². The predicted molar refractivity (Wildman–Crippen MR) is 156 cm³/mol. The van der Waals surface area contributed by atoms with Gasteiger partial charge in [-0.2, -0.15) is 4.91 Å². The molecule has 0 fully saturated rings. The number of rotatable bonds is 20. The molecule has 2 aromatic heterocycles. The molecule has 2 aromatic rings. The Hall–Kier alpha value is -3.62. The number of aromatic nitrogens is 4. The van der Waals surface area contributed by atoms with E-state index in [1.165, 1.54) is 30.4 Å². The van der Waals surface area contributed by atoms with Crippen LogP contribution in [0.4, 0.5) is 15.0 Å². The number of imidazole rings is 1. The molecule has 2 heterocycles. The zero-order chi connectivity index (χ0) is 32.2. The Morgan fingerprint density at radius 2 is 1.88 bits per heavy atom. The number of anilines is 1. The number of carbonyl (C=O) groups is 1. The second-order valence-corrected chi connectivity index (χ2v) is 12.8. The van der Waals surface area contributed by atoms with Gasteiger partial charge in [0, 0.05) is 13.3 Å². The maximum atomic E-state index is 14.9. The van der Waals surface area contributed by atoms with Crippen LogP contribution >= 0.6 is 7.37 Å². The van der Waals surface area contributed by atoms with Gasteiger partial charge in [-0.15, -0.1) is 6.58 Å². The maximum Gasteiger partial charge on any atom is 0.508 e. The molecular weight excluding hydrogens is 590 g/mol. The van der Waals surface area contributed by atoms with Crippen molar-refractivity contribution in [3.05, 3.63) is 42.7 Å². The number of hydrogen-bond acceptors (Lipinski definition) is 14. The van der Waals surface area contributed by atoms with Crippen molar-refractivity contribution in [1.29, 1.82) is 0 Å². The van der Waals surface area contributed by atoms with E-state index in [0.29, 0.717) is 0 Å². The topological polar surface area (TPSA) is 189 Å². The second kappa shape index (κ2) is 16.3. The number of carbonyl (C=O) groups excluding carboxylic acids is 1. The molecule has 1 unspecified atom stereocenters. The third kappa shape index (κ3) is 9.70. The number of nitroso groups, excluding NO2 is 1. The molecule has 0 aliphatic rings. The average Bonchev–Trinajstić information content (AvgIpc) is 3.37. The summed E-state index contributed by atoms with van der Waals surface area (Å²) >= 11 is 0. The summed E-state index contributed by atoms with van der Waals surface area (Å²) in [6.07, 6.45) is 1.43. The lowest BCUT2D eigenvalue weighted by molar-refractivity contribution is -0.0597. The maximum absolute atomic E-state index is 14.9. The van der Waals surface area contributed by atoms with E-state index in [-0.39, 0.29) is 54.4 Å². The van der Waals surface area contributed by atoms with Gasteiger partial charge in [-0.1, -0.05) is 11.3 Å². The summed E-state index contributed by atoms with van der Waals surface area (Å²) in [5.41, 5.74) is 4.52. The number of nitrogen functional groups attached to an aromatic ring is 1. The van der Waals surface area contributed by atoms with Gasteiger partial charge in [-0.3, -0.25) is 9.09 Å². The summed E-state index contributed by atoms with van der Waals surface area (Å²) in [5, 5.41) is 3.21. The number of alkyl halides is 1. The molecule has 2 rings (SSSR count). The molecular formula is C26H40FN6O9P. The zero-order valence-electron chi connectivity index (χ0n) is 25.0. The van der Waals surface area contributed by atoms with Gasteiger partial charge >= 0.3 is 6.16 Å². The Labute approximate surface area is 249 Å². The normalized spacial score (nSPS) is 15.7. The third-order valence-corrected chi connectivity index (χ3v) is 8.64. The molecule has 0 aromatic carbocycles. The number of fused-ring (bicyclic) bond motifs is 1. The van der Waals surface area contributed by atoms with Gasteiger partial charge in [-0.25, -0.2) is 24.1 Å². The summed E-state index contributed by atoms with van der Waals surface area (Å²) in [6.45, 7) is 12.1. The first-order valence-electron chi connectivity index (χ1n) is 13.4. The number of methoxy groups -OCH3 is 1. The van der Waals surface area contributed by atoms with Crippen molar-refractivity contribution in [1.82, 2.24) is 19.5 Å². The van der Waals surface area contributed by atoms with Crippen LogP contribution in [0.15, 0.2) is 43.0 Å². The lowest BCUT2D eigenvalue weighted by Crippen LogP contribution is -2.49. The largest absolute Gasteiger partial charge is 0.508 e. The molecule has 0 amide bonds. The van der Waals surface area contributed by atoms with Crippen LogP contribution in [0.2, 0.25) is 0 Å². The van der Waals surface area contributed by atoms with Crippen LogP contribution in [0.3, 0.4) is 0 Å². The quantitative estimate of drug-likeness (QED) is 0.0528. The lowest BCUT2D eigenvalue weighted by atomic mass is 9.87. The van der Waals surface area contributed by atoms with Crippen molar-refractivity contribution >= 4 is 30.5 Å². The van der Waals surface area contributed by atoms with Crippen LogP contribution in [0.1, 0.15) is 40.2 Å². The van der Waals surface area contributed by atoms with E-state index in [9.17, 15) is 18.7 Å². The molecule has 240 valence electrons. The third-order valence-electron chi connectivity index (χ3n) is 6.29. The van der Waals surface area contributed by atoms with Crippen molar-refractivity contribution < 1.29 is 42.0 Å². The van der Waals surface area contributed by atoms with Crippen molar-refractivity contribution in [3.63, 3.8) is 0 Å². The Morgan fingerprint density at radius 1 is 1.19 bits per heavy atom. The van der Waals surface area contributed by atoms with Crippen LogP contribution < -0.4 is 5.73 Å². The predicted octanol–water partition coefficient (Wildman–Crippen LogP) is 4.74. The van der Waals surface area contributed by atoms with Crippen LogP contribution in [0, 0.1) is 4.91 Å². The second-order valence-electron chi connectivity index (χ2n) is 9.97. The summed E-state index contributed by atoms with van der Waals surface area (Å²) in [7, 11) is -2.54. The Balaban J connectivity index is 2.32. The first-order chi connectivity index (χ1) is 20.3.